The Morgan fingerprint density at radius 1 is 1.33 bits per heavy atom. The van der Waals surface area contributed by atoms with Gasteiger partial charge in [0.1, 0.15) is 11.6 Å². The molecule has 0 bridgehead atoms. The van der Waals surface area contributed by atoms with Gasteiger partial charge in [-0.05, 0) is 43.3 Å². The monoisotopic (exact) mass is 402 g/mol. The molecule has 0 spiro atoms. The molecule has 0 unspecified atom stereocenters. The molecule has 0 radical (unpaired) electrons. The normalized spacial score (nSPS) is 14.9. The molecule has 27 heavy (non-hydrogen) atoms. The van der Waals surface area contributed by atoms with Crippen LogP contribution in [0.4, 0.5) is 10.1 Å². The maximum absolute atomic E-state index is 13.8. The Morgan fingerprint density at radius 3 is 2.85 bits per heavy atom. The lowest BCUT2D eigenvalue weighted by atomic mass is 10.3. The summed E-state index contributed by atoms with van der Waals surface area (Å²) in [5.74, 6) is 0.238. The van der Waals surface area contributed by atoms with Crippen molar-refractivity contribution in [1.29, 1.82) is 0 Å². The number of carbonyl (C=O) groups is 1. The zero-order chi connectivity index (χ0) is 18.8. The number of hydrogen-bond donors (Lipinski definition) is 1. The Morgan fingerprint density at radius 2 is 2.15 bits per heavy atom. The molecule has 1 N–H and O–H groups in total. The summed E-state index contributed by atoms with van der Waals surface area (Å²) < 4.78 is 15.9. The summed E-state index contributed by atoms with van der Waals surface area (Å²) in [5.41, 5.74) is 0.192. The van der Waals surface area contributed by atoms with Crippen molar-refractivity contribution in [3.63, 3.8) is 0 Å². The van der Waals surface area contributed by atoms with Crippen LogP contribution in [-0.2, 0) is 11.2 Å². The molecule has 1 fully saturated rings. The molecule has 0 aliphatic heterocycles. The second-order valence-electron chi connectivity index (χ2n) is 6.49. The van der Waals surface area contributed by atoms with Crippen molar-refractivity contribution in [2.75, 3.05) is 5.32 Å². The molecule has 8 heteroatoms. The highest BCUT2D eigenvalue weighted by atomic mass is 32.2. The number of benzene rings is 1. The Bertz CT molecular complexity index is 937. The summed E-state index contributed by atoms with van der Waals surface area (Å²) in [6.45, 7) is 1.80. The average molecular weight is 403 g/mol. The summed E-state index contributed by atoms with van der Waals surface area (Å²) in [7, 11) is 0. The van der Waals surface area contributed by atoms with Gasteiger partial charge in [0, 0.05) is 17.3 Å². The first-order chi connectivity index (χ1) is 13.1. The van der Waals surface area contributed by atoms with E-state index in [1.165, 1.54) is 22.7 Å². The summed E-state index contributed by atoms with van der Waals surface area (Å²) in [6.07, 6.45) is 2.97. The van der Waals surface area contributed by atoms with Gasteiger partial charge >= 0.3 is 0 Å². The van der Waals surface area contributed by atoms with Crippen molar-refractivity contribution >= 4 is 34.7 Å². The van der Waals surface area contributed by atoms with Crippen LogP contribution >= 0.6 is 23.1 Å². The highest BCUT2D eigenvalue weighted by Crippen LogP contribution is 2.40. The molecular formula is C19H19FN4OS2. The predicted octanol–water partition coefficient (Wildman–Crippen LogP) is 4.52. The number of thioether (sulfide) groups is 1. The van der Waals surface area contributed by atoms with E-state index in [-0.39, 0.29) is 11.6 Å². The number of rotatable bonds is 7. The summed E-state index contributed by atoms with van der Waals surface area (Å²) in [5, 5.41) is 13.7. The van der Waals surface area contributed by atoms with E-state index in [4.69, 9.17) is 0 Å². The molecule has 140 valence electrons. The minimum absolute atomic E-state index is 0.192. The van der Waals surface area contributed by atoms with Gasteiger partial charge in [-0.25, -0.2) is 4.39 Å². The molecule has 0 saturated heterocycles. The fourth-order valence-corrected chi connectivity index (χ4v) is 4.43. The molecule has 1 amide bonds. The lowest BCUT2D eigenvalue weighted by Gasteiger charge is -2.13. The molecule has 1 aliphatic carbocycles. The highest BCUT2D eigenvalue weighted by Gasteiger charge is 2.31. The van der Waals surface area contributed by atoms with E-state index in [0.717, 1.165) is 30.2 Å². The van der Waals surface area contributed by atoms with Gasteiger partial charge in [-0.3, -0.25) is 4.79 Å². The van der Waals surface area contributed by atoms with Crippen LogP contribution in [0, 0.1) is 5.82 Å². The van der Waals surface area contributed by atoms with E-state index in [0.29, 0.717) is 6.04 Å². The van der Waals surface area contributed by atoms with Crippen molar-refractivity contribution in [3.8, 4) is 0 Å². The van der Waals surface area contributed by atoms with Crippen molar-refractivity contribution in [3.05, 3.63) is 58.3 Å². The molecule has 1 aromatic carbocycles. The summed E-state index contributed by atoms with van der Waals surface area (Å²) >= 11 is 3.07. The fraction of sp³-hybridized carbons (Fsp3) is 0.316. The standard InChI is InChI=1S/C19H19FN4OS2/c1-12(18(25)21-16-7-3-2-6-15(16)20)27-19-23-22-17(24(19)13-8-9-13)11-14-5-4-10-26-14/h2-7,10,12-13H,8-9,11H2,1H3,(H,21,25)/t12-/m0/s1. The number of halogens is 1. The van der Waals surface area contributed by atoms with Gasteiger partial charge in [0.25, 0.3) is 0 Å². The number of aromatic nitrogens is 3. The third-order valence-electron chi connectivity index (χ3n) is 4.34. The van der Waals surface area contributed by atoms with Crippen LogP contribution in [-0.4, -0.2) is 25.9 Å². The zero-order valence-corrected chi connectivity index (χ0v) is 16.4. The molecule has 4 rings (SSSR count). The fourth-order valence-electron chi connectivity index (χ4n) is 2.79. The van der Waals surface area contributed by atoms with E-state index in [2.05, 4.69) is 31.5 Å². The van der Waals surface area contributed by atoms with Crippen molar-refractivity contribution in [2.45, 2.75) is 42.6 Å². The highest BCUT2D eigenvalue weighted by molar-refractivity contribution is 8.00. The van der Waals surface area contributed by atoms with Crippen LogP contribution < -0.4 is 5.32 Å². The number of amides is 1. The maximum Gasteiger partial charge on any atom is 0.237 e. The molecule has 2 aromatic heterocycles. The third kappa shape index (κ3) is 4.22. The Balaban J connectivity index is 1.48. The van der Waals surface area contributed by atoms with Gasteiger partial charge in [-0.15, -0.1) is 21.5 Å². The van der Waals surface area contributed by atoms with Crippen LogP contribution in [0.3, 0.4) is 0 Å². The first-order valence-electron chi connectivity index (χ1n) is 8.80. The van der Waals surface area contributed by atoms with Crippen LogP contribution in [0.5, 0.6) is 0 Å². The minimum Gasteiger partial charge on any atom is -0.323 e. The number of anilines is 1. The van der Waals surface area contributed by atoms with Gasteiger partial charge in [0.15, 0.2) is 5.16 Å². The molecule has 1 aliphatic rings. The van der Waals surface area contributed by atoms with Crippen LogP contribution in [0.1, 0.15) is 36.5 Å². The Hall–Kier alpha value is -2.19. The summed E-state index contributed by atoms with van der Waals surface area (Å²) in [4.78, 5) is 13.7. The van der Waals surface area contributed by atoms with Crippen molar-refractivity contribution < 1.29 is 9.18 Å². The predicted molar refractivity (Wildman–Crippen MR) is 106 cm³/mol. The van der Waals surface area contributed by atoms with Crippen molar-refractivity contribution in [2.24, 2.45) is 0 Å². The number of hydrogen-bond acceptors (Lipinski definition) is 5. The van der Waals surface area contributed by atoms with Gasteiger partial charge in [-0.2, -0.15) is 0 Å². The summed E-state index contributed by atoms with van der Waals surface area (Å²) in [6, 6.07) is 10.7. The second kappa shape index (κ2) is 7.82. The van der Waals surface area contributed by atoms with Crippen LogP contribution in [0.25, 0.3) is 0 Å². The van der Waals surface area contributed by atoms with E-state index in [1.54, 1.807) is 36.5 Å². The third-order valence-corrected chi connectivity index (χ3v) is 6.28. The first-order valence-corrected chi connectivity index (χ1v) is 10.6. The quantitative estimate of drug-likeness (QED) is 0.590. The first kappa shape index (κ1) is 18.2. The smallest absolute Gasteiger partial charge is 0.237 e. The lowest BCUT2D eigenvalue weighted by Crippen LogP contribution is -2.23. The SMILES string of the molecule is C[C@H](Sc1nnc(Cc2cccs2)n1C1CC1)C(=O)Nc1ccccc1F. The van der Waals surface area contributed by atoms with Gasteiger partial charge in [0.05, 0.1) is 10.9 Å². The molecular weight excluding hydrogens is 383 g/mol. The molecule has 1 atom stereocenters. The zero-order valence-electron chi connectivity index (χ0n) is 14.8. The van der Waals surface area contributed by atoms with Crippen molar-refractivity contribution in [1.82, 2.24) is 14.8 Å². The lowest BCUT2D eigenvalue weighted by molar-refractivity contribution is -0.115. The number of carbonyl (C=O) groups excluding carboxylic acids is 1. The largest absolute Gasteiger partial charge is 0.323 e. The van der Waals surface area contributed by atoms with Gasteiger partial charge < -0.3 is 9.88 Å². The van der Waals surface area contributed by atoms with Gasteiger partial charge in [0.2, 0.25) is 5.91 Å². The van der Waals surface area contributed by atoms with Crippen LogP contribution in [0.2, 0.25) is 0 Å². The molecule has 5 nitrogen and oxygen atoms in total. The van der Waals surface area contributed by atoms with E-state index < -0.39 is 11.1 Å². The molecule has 3 aromatic rings. The Kier molecular flexibility index (Phi) is 5.27. The number of nitrogens with zero attached hydrogens (tertiary/aromatic N) is 3. The molecule has 2 heterocycles. The van der Waals surface area contributed by atoms with E-state index >= 15 is 0 Å². The average Bonchev–Trinajstić information content (AvgIpc) is 3.21. The number of para-hydroxylation sites is 1. The van der Waals surface area contributed by atoms with E-state index in [9.17, 15) is 9.18 Å². The topological polar surface area (TPSA) is 59.8 Å². The maximum atomic E-state index is 13.8. The number of thiophene rings is 1. The second-order valence-corrected chi connectivity index (χ2v) is 8.83. The van der Waals surface area contributed by atoms with E-state index in [1.807, 2.05) is 6.07 Å². The minimum atomic E-state index is -0.442. The van der Waals surface area contributed by atoms with Crippen LogP contribution in [0.15, 0.2) is 46.9 Å². The van der Waals surface area contributed by atoms with Gasteiger partial charge in [-0.1, -0.05) is 30.0 Å². The number of nitrogens with one attached hydrogen (secondary N) is 1. The molecule has 1 saturated carbocycles. The Labute approximate surface area is 165 Å².